The molecule has 0 fully saturated rings. The molecule has 1 atom stereocenters. The van der Waals surface area contributed by atoms with Crippen molar-refractivity contribution >= 4 is 11.8 Å². The molecule has 0 aliphatic carbocycles. The van der Waals surface area contributed by atoms with Crippen molar-refractivity contribution in [1.29, 1.82) is 0 Å². The maximum Gasteiger partial charge on any atom is 0.261 e. The summed E-state index contributed by atoms with van der Waals surface area (Å²) in [6.07, 6.45) is 1.02. The largest absolute Gasteiger partial charge is 0.274 e. The minimum Gasteiger partial charge on any atom is -0.274 e. The Morgan fingerprint density at radius 3 is 1.94 bits per heavy atom. The van der Waals surface area contributed by atoms with Crippen molar-refractivity contribution in [2.75, 3.05) is 6.54 Å². The topological polar surface area (TPSA) is 37.4 Å². The number of carbonyl (C=O) groups excluding carboxylic acids is 2. The smallest absolute Gasteiger partial charge is 0.261 e. The van der Waals surface area contributed by atoms with E-state index < -0.39 is 0 Å². The molecule has 0 spiro atoms. The van der Waals surface area contributed by atoms with Crippen molar-refractivity contribution in [1.82, 2.24) is 4.90 Å². The third-order valence-electron chi connectivity index (χ3n) is 3.25. The Hall–Kier alpha value is -1.64. The summed E-state index contributed by atoms with van der Waals surface area (Å²) in [4.78, 5) is 25.7. The predicted molar refractivity (Wildman–Crippen MR) is 70.4 cm³/mol. The van der Waals surface area contributed by atoms with Gasteiger partial charge in [-0.1, -0.05) is 32.9 Å². The van der Waals surface area contributed by atoms with Crippen molar-refractivity contribution in [2.45, 2.75) is 27.2 Å². The number of rotatable bonds is 4. The van der Waals surface area contributed by atoms with E-state index in [0.29, 0.717) is 29.5 Å². The van der Waals surface area contributed by atoms with Crippen LogP contribution in [0.3, 0.4) is 0 Å². The van der Waals surface area contributed by atoms with Crippen molar-refractivity contribution in [3.05, 3.63) is 35.4 Å². The van der Waals surface area contributed by atoms with Crippen LogP contribution in [0.15, 0.2) is 24.3 Å². The first-order valence-electron chi connectivity index (χ1n) is 6.46. The van der Waals surface area contributed by atoms with Gasteiger partial charge in [0.05, 0.1) is 11.1 Å². The van der Waals surface area contributed by atoms with Crippen LogP contribution in [0.5, 0.6) is 0 Å². The minimum absolute atomic E-state index is 0.147. The molecule has 1 aromatic rings. The van der Waals surface area contributed by atoms with E-state index in [9.17, 15) is 9.59 Å². The fraction of sp³-hybridized carbons (Fsp3) is 0.467. The number of amides is 2. The van der Waals surface area contributed by atoms with Gasteiger partial charge in [-0.05, 0) is 30.4 Å². The van der Waals surface area contributed by atoms with E-state index in [0.717, 1.165) is 6.42 Å². The zero-order chi connectivity index (χ0) is 13.3. The number of imide groups is 1. The van der Waals surface area contributed by atoms with Crippen molar-refractivity contribution in [2.24, 2.45) is 11.8 Å². The summed E-state index contributed by atoms with van der Waals surface area (Å²) in [7, 11) is 0. The standard InChI is InChI=1S/C15H19NO2/c1-10(2)8-11(3)9-16-14(17)12-6-4-5-7-13(12)15(16)18/h4-7,10-11H,8-9H2,1-3H3/t11-/m0/s1. The highest BCUT2D eigenvalue weighted by Crippen LogP contribution is 2.24. The summed E-state index contributed by atoms with van der Waals surface area (Å²) in [6, 6.07) is 7.04. The summed E-state index contributed by atoms with van der Waals surface area (Å²) in [5, 5.41) is 0. The van der Waals surface area contributed by atoms with E-state index in [4.69, 9.17) is 0 Å². The van der Waals surface area contributed by atoms with Gasteiger partial charge in [0.15, 0.2) is 0 Å². The molecule has 1 aliphatic heterocycles. The van der Waals surface area contributed by atoms with Crippen LogP contribution < -0.4 is 0 Å². The van der Waals surface area contributed by atoms with E-state index in [-0.39, 0.29) is 11.8 Å². The third-order valence-corrected chi connectivity index (χ3v) is 3.25. The highest BCUT2D eigenvalue weighted by Gasteiger charge is 2.35. The van der Waals surface area contributed by atoms with Crippen LogP contribution in [0.4, 0.5) is 0 Å². The Labute approximate surface area is 108 Å². The number of hydrogen-bond donors (Lipinski definition) is 0. The van der Waals surface area contributed by atoms with E-state index in [1.54, 1.807) is 24.3 Å². The van der Waals surface area contributed by atoms with Gasteiger partial charge in [-0.3, -0.25) is 14.5 Å². The maximum atomic E-state index is 12.1. The molecule has 0 saturated carbocycles. The molecule has 0 radical (unpaired) electrons. The lowest BCUT2D eigenvalue weighted by atomic mass is 9.98. The Morgan fingerprint density at radius 1 is 1.00 bits per heavy atom. The van der Waals surface area contributed by atoms with Gasteiger partial charge in [0.25, 0.3) is 11.8 Å². The van der Waals surface area contributed by atoms with Gasteiger partial charge in [0.1, 0.15) is 0 Å². The van der Waals surface area contributed by atoms with Gasteiger partial charge in [0.2, 0.25) is 0 Å². The molecule has 0 saturated heterocycles. The number of fused-ring (bicyclic) bond motifs is 1. The number of hydrogen-bond acceptors (Lipinski definition) is 2. The van der Waals surface area contributed by atoms with Gasteiger partial charge < -0.3 is 0 Å². The fourth-order valence-electron chi connectivity index (χ4n) is 2.60. The van der Waals surface area contributed by atoms with Gasteiger partial charge in [-0.15, -0.1) is 0 Å². The molecule has 2 rings (SSSR count). The summed E-state index contributed by atoms with van der Waals surface area (Å²) in [5.74, 6) is 0.625. The lowest BCUT2D eigenvalue weighted by molar-refractivity contribution is 0.0627. The van der Waals surface area contributed by atoms with Gasteiger partial charge in [-0.25, -0.2) is 0 Å². The Bertz CT molecular complexity index is 444. The van der Waals surface area contributed by atoms with Gasteiger partial charge >= 0.3 is 0 Å². The second-order valence-electron chi connectivity index (χ2n) is 5.50. The molecule has 3 heteroatoms. The summed E-state index contributed by atoms with van der Waals surface area (Å²) < 4.78 is 0. The molecular weight excluding hydrogens is 226 g/mol. The van der Waals surface area contributed by atoms with E-state index >= 15 is 0 Å². The second-order valence-corrected chi connectivity index (χ2v) is 5.50. The Morgan fingerprint density at radius 2 is 1.50 bits per heavy atom. The quantitative estimate of drug-likeness (QED) is 0.765. The molecule has 1 heterocycles. The SMILES string of the molecule is CC(C)C[C@H](C)CN1C(=O)c2ccccc2C1=O. The summed E-state index contributed by atoms with van der Waals surface area (Å²) >= 11 is 0. The maximum absolute atomic E-state index is 12.1. The van der Waals surface area contributed by atoms with Crippen LogP contribution in [-0.2, 0) is 0 Å². The summed E-state index contributed by atoms with van der Waals surface area (Å²) in [6.45, 7) is 6.91. The zero-order valence-electron chi connectivity index (χ0n) is 11.1. The van der Waals surface area contributed by atoms with Crippen LogP contribution in [-0.4, -0.2) is 23.3 Å². The number of benzene rings is 1. The monoisotopic (exact) mass is 245 g/mol. The van der Waals surface area contributed by atoms with Crippen LogP contribution in [0, 0.1) is 11.8 Å². The van der Waals surface area contributed by atoms with Crippen LogP contribution in [0.25, 0.3) is 0 Å². The first kappa shape index (κ1) is 12.8. The van der Waals surface area contributed by atoms with Gasteiger partial charge in [-0.2, -0.15) is 0 Å². The molecule has 1 aliphatic rings. The van der Waals surface area contributed by atoms with Crippen LogP contribution in [0.1, 0.15) is 47.9 Å². The van der Waals surface area contributed by atoms with Crippen LogP contribution >= 0.6 is 0 Å². The zero-order valence-corrected chi connectivity index (χ0v) is 11.1. The Kier molecular flexibility index (Phi) is 3.50. The van der Waals surface area contributed by atoms with Gasteiger partial charge in [0, 0.05) is 6.54 Å². The van der Waals surface area contributed by atoms with Crippen molar-refractivity contribution in [3.63, 3.8) is 0 Å². The first-order valence-corrected chi connectivity index (χ1v) is 6.46. The molecule has 0 aromatic heterocycles. The first-order chi connectivity index (χ1) is 8.50. The fourth-order valence-corrected chi connectivity index (χ4v) is 2.60. The lowest BCUT2D eigenvalue weighted by Gasteiger charge is -2.20. The highest BCUT2D eigenvalue weighted by molar-refractivity contribution is 6.21. The molecule has 0 unspecified atom stereocenters. The second kappa shape index (κ2) is 4.92. The third kappa shape index (κ3) is 2.30. The molecular formula is C15H19NO2. The summed E-state index contributed by atoms with van der Waals surface area (Å²) in [5.41, 5.74) is 1.08. The van der Waals surface area contributed by atoms with E-state index in [2.05, 4.69) is 20.8 Å². The van der Waals surface area contributed by atoms with E-state index in [1.807, 2.05) is 0 Å². The van der Waals surface area contributed by atoms with E-state index in [1.165, 1.54) is 4.90 Å². The predicted octanol–water partition coefficient (Wildman–Crippen LogP) is 2.96. The average molecular weight is 245 g/mol. The number of nitrogens with zero attached hydrogens (tertiary/aromatic N) is 1. The van der Waals surface area contributed by atoms with Crippen LogP contribution in [0.2, 0.25) is 0 Å². The molecule has 96 valence electrons. The molecule has 0 bridgehead atoms. The van der Waals surface area contributed by atoms with Crippen molar-refractivity contribution < 1.29 is 9.59 Å². The highest BCUT2D eigenvalue weighted by atomic mass is 16.2. The lowest BCUT2D eigenvalue weighted by Crippen LogP contribution is -2.34. The Balaban J connectivity index is 2.14. The number of carbonyl (C=O) groups is 2. The van der Waals surface area contributed by atoms with Crippen molar-refractivity contribution in [3.8, 4) is 0 Å². The molecule has 0 N–H and O–H groups in total. The average Bonchev–Trinajstić information content (AvgIpc) is 2.54. The minimum atomic E-state index is -0.147. The molecule has 1 aromatic carbocycles. The normalized spacial score (nSPS) is 16.3. The molecule has 18 heavy (non-hydrogen) atoms. The molecule has 2 amide bonds. The molecule has 3 nitrogen and oxygen atoms in total.